The number of carbonyl (C=O) groups excluding carboxylic acids is 2. The molecule has 0 saturated carbocycles. The van der Waals surface area contributed by atoms with Gasteiger partial charge in [0.25, 0.3) is 0 Å². The monoisotopic (exact) mass is 493 g/mol. The Bertz CT molecular complexity index is 1260. The van der Waals surface area contributed by atoms with Crippen molar-refractivity contribution in [3.05, 3.63) is 63.5 Å². The summed E-state index contributed by atoms with van der Waals surface area (Å²) in [7, 11) is 1.61. The number of aromatic amines is 1. The minimum absolute atomic E-state index is 0.174. The number of hydrogen-bond donors (Lipinski definition) is 2. The Kier molecular flexibility index (Phi) is 7.36. The number of nitrogens with zero attached hydrogens (tertiary/aromatic N) is 3. The van der Waals surface area contributed by atoms with E-state index in [0.717, 1.165) is 27.3 Å². The van der Waals surface area contributed by atoms with Gasteiger partial charge in [0.2, 0.25) is 5.91 Å². The molecule has 1 aliphatic heterocycles. The molecule has 0 bridgehead atoms. The first-order chi connectivity index (χ1) is 16.9. The Labute approximate surface area is 207 Å². The quantitative estimate of drug-likeness (QED) is 0.500. The van der Waals surface area contributed by atoms with Crippen LogP contribution >= 0.6 is 11.3 Å². The van der Waals surface area contributed by atoms with E-state index in [9.17, 15) is 14.9 Å². The van der Waals surface area contributed by atoms with Gasteiger partial charge in [-0.05, 0) is 43.9 Å². The molecule has 1 atom stereocenters. The lowest BCUT2D eigenvalue weighted by atomic mass is 10.0. The van der Waals surface area contributed by atoms with Crippen molar-refractivity contribution in [3.63, 3.8) is 0 Å². The van der Waals surface area contributed by atoms with Gasteiger partial charge in [0, 0.05) is 30.2 Å². The lowest BCUT2D eigenvalue weighted by Gasteiger charge is -2.27. The molecule has 10 heteroatoms. The summed E-state index contributed by atoms with van der Waals surface area (Å²) in [5.74, 6) is 1.15. The van der Waals surface area contributed by atoms with Gasteiger partial charge in [-0.15, -0.1) is 11.3 Å². The van der Waals surface area contributed by atoms with E-state index in [2.05, 4.69) is 21.4 Å². The lowest BCUT2D eigenvalue weighted by Crippen LogP contribution is -2.36. The molecule has 0 saturated heterocycles. The summed E-state index contributed by atoms with van der Waals surface area (Å²) in [6.07, 6.45) is 3.65. The zero-order chi connectivity index (χ0) is 24.9. The fourth-order valence-electron chi connectivity index (χ4n) is 4.09. The van der Waals surface area contributed by atoms with Crippen LogP contribution in [0.25, 0.3) is 0 Å². The van der Waals surface area contributed by atoms with Crippen LogP contribution in [-0.4, -0.2) is 40.5 Å². The number of carbonyl (C=O) groups is 2. The van der Waals surface area contributed by atoms with E-state index in [0.29, 0.717) is 42.3 Å². The van der Waals surface area contributed by atoms with E-state index in [1.165, 1.54) is 11.3 Å². The fourth-order valence-corrected chi connectivity index (χ4v) is 5.32. The topological polar surface area (TPSA) is 120 Å². The highest BCUT2D eigenvalue weighted by molar-refractivity contribution is 7.16. The zero-order valence-electron chi connectivity index (χ0n) is 19.9. The van der Waals surface area contributed by atoms with Gasteiger partial charge in [-0.25, -0.2) is 9.78 Å². The standard InChI is InChI=1S/C25H27N5O4S/c1-15-4-6-20(33-3)17(12-15)5-7-22(31)29-24-19(13-26)18-8-11-30(14-21(18)35-24)25(32)34-16(2)23-27-9-10-28-23/h4,6,9-10,12,16H,5,7-8,11,14H2,1-3H3,(H,27,28)(H,29,31). The number of aromatic nitrogens is 2. The van der Waals surface area contributed by atoms with Gasteiger partial charge in [0.15, 0.2) is 6.10 Å². The molecule has 4 rings (SSSR count). The number of thiophene rings is 1. The first-order valence-corrected chi connectivity index (χ1v) is 12.1. The lowest BCUT2D eigenvalue weighted by molar-refractivity contribution is -0.116. The highest BCUT2D eigenvalue weighted by Crippen LogP contribution is 2.37. The second-order valence-electron chi connectivity index (χ2n) is 8.36. The van der Waals surface area contributed by atoms with Crippen molar-refractivity contribution in [2.45, 2.75) is 45.8 Å². The Morgan fingerprint density at radius 2 is 2.23 bits per heavy atom. The predicted molar refractivity (Wildman–Crippen MR) is 131 cm³/mol. The second-order valence-corrected chi connectivity index (χ2v) is 9.46. The number of H-pyrrole nitrogens is 1. The number of benzene rings is 1. The molecule has 3 aromatic rings. The number of anilines is 1. The van der Waals surface area contributed by atoms with Crippen molar-refractivity contribution in [2.75, 3.05) is 19.0 Å². The van der Waals surface area contributed by atoms with Crippen LogP contribution < -0.4 is 10.1 Å². The van der Waals surface area contributed by atoms with Crippen molar-refractivity contribution >= 4 is 28.3 Å². The summed E-state index contributed by atoms with van der Waals surface area (Å²) in [6, 6.07) is 8.11. The van der Waals surface area contributed by atoms with Crippen LogP contribution in [0.2, 0.25) is 0 Å². The molecule has 2 aromatic heterocycles. The van der Waals surface area contributed by atoms with Crippen molar-refractivity contribution in [3.8, 4) is 11.8 Å². The first kappa shape index (κ1) is 24.3. The zero-order valence-corrected chi connectivity index (χ0v) is 20.7. The molecule has 3 heterocycles. The second kappa shape index (κ2) is 10.6. The van der Waals surface area contributed by atoms with Crippen LogP contribution in [0.5, 0.6) is 5.75 Å². The SMILES string of the molecule is COc1ccc(C)cc1CCC(=O)Nc1sc2c(c1C#N)CCN(C(=O)OC(C)c1ncc[nH]1)C2. The molecule has 182 valence electrons. The maximum absolute atomic E-state index is 12.7. The number of ether oxygens (including phenoxy) is 2. The van der Waals surface area contributed by atoms with Crippen molar-refractivity contribution in [1.29, 1.82) is 5.26 Å². The van der Waals surface area contributed by atoms with Crippen LogP contribution in [0.1, 0.15) is 52.4 Å². The summed E-state index contributed by atoms with van der Waals surface area (Å²) < 4.78 is 10.9. The Balaban J connectivity index is 1.40. The average molecular weight is 494 g/mol. The normalized spacial score (nSPS) is 13.5. The third-order valence-electron chi connectivity index (χ3n) is 5.92. The summed E-state index contributed by atoms with van der Waals surface area (Å²) in [5.41, 5.74) is 3.42. The van der Waals surface area contributed by atoms with Crippen molar-refractivity contribution in [1.82, 2.24) is 14.9 Å². The molecule has 0 radical (unpaired) electrons. The summed E-state index contributed by atoms with van der Waals surface area (Å²) in [5, 5.41) is 13.2. The van der Waals surface area contributed by atoms with Gasteiger partial charge in [0.1, 0.15) is 22.6 Å². The molecule has 0 spiro atoms. The molecular formula is C25H27N5O4S. The fraction of sp³-hybridized carbons (Fsp3) is 0.360. The maximum Gasteiger partial charge on any atom is 0.410 e. The molecule has 0 aliphatic carbocycles. The van der Waals surface area contributed by atoms with E-state index in [-0.39, 0.29) is 12.3 Å². The van der Waals surface area contributed by atoms with Gasteiger partial charge in [-0.3, -0.25) is 4.79 Å². The molecule has 2 N–H and O–H groups in total. The van der Waals surface area contributed by atoms with Gasteiger partial charge in [-0.2, -0.15) is 5.26 Å². The molecule has 35 heavy (non-hydrogen) atoms. The van der Waals surface area contributed by atoms with Crippen LogP contribution in [-0.2, 0) is 28.9 Å². The van der Waals surface area contributed by atoms with Gasteiger partial charge >= 0.3 is 6.09 Å². The summed E-state index contributed by atoms with van der Waals surface area (Å²) >= 11 is 1.34. The molecule has 2 amide bonds. The third-order valence-corrected chi connectivity index (χ3v) is 7.05. The minimum atomic E-state index is -0.501. The third kappa shape index (κ3) is 5.46. The number of hydrogen-bond acceptors (Lipinski definition) is 7. The summed E-state index contributed by atoms with van der Waals surface area (Å²) in [6.45, 7) is 4.51. The number of nitriles is 1. The highest BCUT2D eigenvalue weighted by atomic mass is 32.1. The molecule has 1 aliphatic rings. The van der Waals surface area contributed by atoms with E-state index in [1.54, 1.807) is 31.3 Å². The molecular weight excluding hydrogens is 466 g/mol. The smallest absolute Gasteiger partial charge is 0.410 e. The van der Waals surface area contributed by atoms with E-state index >= 15 is 0 Å². The van der Waals surface area contributed by atoms with E-state index < -0.39 is 12.2 Å². The molecule has 9 nitrogen and oxygen atoms in total. The number of amides is 2. The van der Waals surface area contributed by atoms with Gasteiger partial charge < -0.3 is 24.7 Å². The van der Waals surface area contributed by atoms with Crippen LogP contribution in [0.4, 0.5) is 9.80 Å². The molecule has 0 fully saturated rings. The molecule has 1 unspecified atom stereocenters. The highest BCUT2D eigenvalue weighted by Gasteiger charge is 2.29. The van der Waals surface area contributed by atoms with Gasteiger partial charge in [0.05, 0.1) is 19.2 Å². The number of methoxy groups -OCH3 is 1. The van der Waals surface area contributed by atoms with Crippen molar-refractivity contribution < 1.29 is 19.1 Å². The van der Waals surface area contributed by atoms with E-state index in [1.807, 2.05) is 25.1 Å². The Morgan fingerprint density at radius 1 is 1.40 bits per heavy atom. The average Bonchev–Trinajstić information content (AvgIpc) is 3.50. The van der Waals surface area contributed by atoms with Crippen LogP contribution in [0, 0.1) is 18.3 Å². The minimum Gasteiger partial charge on any atom is -0.496 e. The number of nitrogens with one attached hydrogen (secondary N) is 2. The first-order valence-electron chi connectivity index (χ1n) is 11.3. The maximum atomic E-state index is 12.7. The van der Waals surface area contributed by atoms with Gasteiger partial charge in [-0.1, -0.05) is 17.7 Å². The number of aryl methyl sites for hydroxylation is 2. The molecule has 1 aromatic carbocycles. The van der Waals surface area contributed by atoms with Crippen LogP contribution in [0.15, 0.2) is 30.6 Å². The Morgan fingerprint density at radius 3 is 2.94 bits per heavy atom. The van der Waals surface area contributed by atoms with E-state index in [4.69, 9.17) is 9.47 Å². The number of fused-ring (bicyclic) bond motifs is 1. The Hall–Kier alpha value is -3.84. The summed E-state index contributed by atoms with van der Waals surface area (Å²) in [4.78, 5) is 34.9. The largest absolute Gasteiger partial charge is 0.496 e. The number of imidazole rings is 1. The van der Waals surface area contributed by atoms with Crippen molar-refractivity contribution in [2.24, 2.45) is 0 Å². The van der Waals surface area contributed by atoms with Crippen LogP contribution in [0.3, 0.4) is 0 Å². The number of rotatable bonds is 7. The predicted octanol–water partition coefficient (Wildman–Crippen LogP) is 4.49.